The highest BCUT2D eigenvalue weighted by atomic mass is 16.1. The first-order valence-electron chi connectivity index (χ1n) is 10.8. The molecule has 1 amide bonds. The Bertz CT molecular complexity index is 1200. The van der Waals surface area contributed by atoms with Gasteiger partial charge in [-0.1, -0.05) is 37.3 Å². The molecule has 1 atom stereocenters. The largest absolute Gasteiger partial charge is 0.352 e. The summed E-state index contributed by atoms with van der Waals surface area (Å²) in [6.45, 7) is 10.6. The second-order valence-corrected chi connectivity index (χ2v) is 8.51. The molecule has 1 N–H and O–H groups in total. The molecule has 0 aliphatic heterocycles. The molecule has 0 fully saturated rings. The molecule has 0 unspecified atom stereocenters. The fourth-order valence-corrected chi connectivity index (χ4v) is 4.08. The number of nitrogens with zero attached hydrogens (tertiary/aromatic N) is 3. The number of hydrogen-bond donors (Lipinski definition) is 1. The zero-order chi connectivity index (χ0) is 22.0. The third-order valence-corrected chi connectivity index (χ3v) is 5.97. The lowest BCUT2D eigenvalue weighted by molar-refractivity contribution is 0.0946. The topological polar surface area (TPSA) is 51.9 Å². The van der Waals surface area contributed by atoms with Gasteiger partial charge >= 0.3 is 0 Å². The molecule has 2 aromatic carbocycles. The van der Waals surface area contributed by atoms with Crippen molar-refractivity contribution >= 4 is 16.8 Å². The van der Waals surface area contributed by atoms with Crippen LogP contribution in [0.3, 0.4) is 0 Å². The number of fused-ring (bicyclic) bond motifs is 1. The van der Waals surface area contributed by atoms with Crippen LogP contribution in [0.2, 0.25) is 0 Å². The number of aromatic nitrogens is 3. The Morgan fingerprint density at radius 1 is 1.06 bits per heavy atom. The number of amides is 1. The van der Waals surface area contributed by atoms with Gasteiger partial charge in [-0.05, 0) is 62.1 Å². The highest BCUT2D eigenvalue weighted by molar-refractivity contribution is 5.99. The first-order valence-corrected chi connectivity index (χ1v) is 10.8. The molecule has 2 aromatic heterocycles. The van der Waals surface area contributed by atoms with E-state index in [1.165, 1.54) is 16.8 Å². The maximum atomic E-state index is 12.8. The van der Waals surface area contributed by atoms with E-state index in [2.05, 4.69) is 66.1 Å². The monoisotopic (exact) mass is 414 g/mol. The van der Waals surface area contributed by atoms with Gasteiger partial charge in [0.05, 0.1) is 5.69 Å². The average molecular weight is 415 g/mol. The lowest BCUT2D eigenvalue weighted by atomic mass is 10.1. The first-order chi connectivity index (χ1) is 14.9. The second-order valence-electron chi connectivity index (χ2n) is 8.51. The van der Waals surface area contributed by atoms with E-state index < -0.39 is 0 Å². The van der Waals surface area contributed by atoms with Crippen molar-refractivity contribution in [3.05, 3.63) is 88.9 Å². The SMILES string of the molecule is Cc1ccn(C[C@H](C)CNC(=O)c2ccc3c(c2)c(C)c(C)n3Cc2ccccc2)n1. The number of hydrogen-bond acceptors (Lipinski definition) is 2. The first kappa shape index (κ1) is 20.9. The third-order valence-electron chi connectivity index (χ3n) is 5.97. The molecule has 0 spiro atoms. The van der Waals surface area contributed by atoms with E-state index in [4.69, 9.17) is 0 Å². The summed E-state index contributed by atoms with van der Waals surface area (Å²) in [4.78, 5) is 12.8. The molecule has 0 saturated carbocycles. The third kappa shape index (κ3) is 4.55. The Balaban J connectivity index is 1.48. The Kier molecular flexibility index (Phi) is 5.94. The van der Waals surface area contributed by atoms with Crippen LogP contribution in [-0.2, 0) is 13.1 Å². The molecule has 5 heteroatoms. The van der Waals surface area contributed by atoms with Crippen molar-refractivity contribution in [3.8, 4) is 0 Å². The maximum absolute atomic E-state index is 12.8. The molecule has 0 bridgehead atoms. The Labute approximate surface area is 183 Å². The smallest absolute Gasteiger partial charge is 0.251 e. The Morgan fingerprint density at radius 3 is 2.55 bits per heavy atom. The summed E-state index contributed by atoms with van der Waals surface area (Å²) in [7, 11) is 0. The minimum absolute atomic E-state index is 0.0294. The van der Waals surface area contributed by atoms with Gasteiger partial charge in [-0.2, -0.15) is 5.10 Å². The van der Waals surface area contributed by atoms with Crippen LogP contribution in [0, 0.1) is 26.7 Å². The number of carbonyl (C=O) groups excluding carboxylic acids is 1. The van der Waals surface area contributed by atoms with Crippen LogP contribution in [0.15, 0.2) is 60.8 Å². The summed E-state index contributed by atoms with van der Waals surface area (Å²) in [5, 5.41) is 8.65. The number of aryl methyl sites for hydroxylation is 2. The summed E-state index contributed by atoms with van der Waals surface area (Å²) in [6, 6.07) is 18.5. The van der Waals surface area contributed by atoms with Crippen LogP contribution in [-0.4, -0.2) is 26.8 Å². The molecular weight excluding hydrogens is 384 g/mol. The van der Waals surface area contributed by atoms with E-state index in [0.29, 0.717) is 18.0 Å². The molecule has 0 radical (unpaired) electrons. The van der Waals surface area contributed by atoms with Gasteiger partial charge in [-0.25, -0.2) is 0 Å². The number of rotatable bonds is 7. The van der Waals surface area contributed by atoms with Gasteiger partial charge in [-0.3, -0.25) is 9.48 Å². The van der Waals surface area contributed by atoms with Crippen LogP contribution < -0.4 is 5.32 Å². The molecule has 2 heterocycles. The standard InChI is InChI=1S/C26H30N4O/c1-18(16-29-13-12-19(2)28-29)15-27-26(31)23-10-11-25-24(14-23)20(3)21(4)30(25)17-22-8-6-5-7-9-22/h5-14,18H,15-17H2,1-4H3,(H,27,31)/t18-/m1/s1. The van der Waals surface area contributed by atoms with E-state index in [0.717, 1.165) is 29.7 Å². The van der Waals surface area contributed by atoms with E-state index in [9.17, 15) is 4.79 Å². The van der Waals surface area contributed by atoms with Crippen LogP contribution in [0.4, 0.5) is 0 Å². The number of carbonyl (C=O) groups is 1. The molecule has 0 aliphatic carbocycles. The summed E-state index contributed by atoms with van der Waals surface area (Å²) in [5.74, 6) is 0.265. The van der Waals surface area contributed by atoms with Gasteiger partial charge in [0, 0.05) is 48.0 Å². The molecule has 0 saturated heterocycles. The zero-order valence-corrected chi connectivity index (χ0v) is 18.7. The molecule has 0 aliphatic rings. The van der Waals surface area contributed by atoms with Crippen molar-refractivity contribution in [3.63, 3.8) is 0 Å². The quantitative estimate of drug-likeness (QED) is 0.469. The van der Waals surface area contributed by atoms with Crippen molar-refractivity contribution in [2.24, 2.45) is 5.92 Å². The van der Waals surface area contributed by atoms with Crippen molar-refractivity contribution in [2.75, 3.05) is 6.54 Å². The van der Waals surface area contributed by atoms with Gasteiger partial charge in [-0.15, -0.1) is 0 Å². The van der Waals surface area contributed by atoms with Gasteiger partial charge in [0.2, 0.25) is 0 Å². The lowest BCUT2D eigenvalue weighted by Crippen LogP contribution is -2.30. The summed E-state index contributed by atoms with van der Waals surface area (Å²) < 4.78 is 4.26. The van der Waals surface area contributed by atoms with E-state index in [1.807, 2.05) is 42.1 Å². The highest BCUT2D eigenvalue weighted by Crippen LogP contribution is 2.27. The van der Waals surface area contributed by atoms with Gasteiger partial charge in [0.1, 0.15) is 0 Å². The molecule has 5 nitrogen and oxygen atoms in total. The number of nitrogens with one attached hydrogen (secondary N) is 1. The Morgan fingerprint density at radius 2 is 1.84 bits per heavy atom. The zero-order valence-electron chi connectivity index (χ0n) is 18.7. The van der Waals surface area contributed by atoms with Gasteiger partial charge in [0.25, 0.3) is 5.91 Å². The van der Waals surface area contributed by atoms with Crippen LogP contribution in [0.25, 0.3) is 10.9 Å². The summed E-state index contributed by atoms with van der Waals surface area (Å²) in [5.41, 5.74) is 6.61. The summed E-state index contributed by atoms with van der Waals surface area (Å²) in [6.07, 6.45) is 1.98. The minimum Gasteiger partial charge on any atom is -0.352 e. The lowest BCUT2D eigenvalue weighted by Gasteiger charge is -2.13. The van der Waals surface area contributed by atoms with E-state index in [1.54, 1.807) is 0 Å². The van der Waals surface area contributed by atoms with E-state index >= 15 is 0 Å². The van der Waals surface area contributed by atoms with Crippen molar-refractivity contribution in [1.29, 1.82) is 0 Å². The molecule has 160 valence electrons. The van der Waals surface area contributed by atoms with Crippen molar-refractivity contribution < 1.29 is 4.79 Å². The Hall–Kier alpha value is -3.34. The molecule has 4 aromatic rings. The van der Waals surface area contributed by atoms with E-state index in [-0.39, 0.29) is 5.91 Å². The fraction of sp³-hybridized carbons (Fsp3) is 0.308. The normalized spacial score (nSPS) is 12.3. The predicted molar refractivity (Wildman–Crippen MR) is 125 cm³/mol. The van der Waals surface area contributed by atoms with Gasteiger partial charge < -0.3 is 9.88 Å². The second kappa shape index (κ2) is 8.80. The fourth-order valence-electron chi connectivity index (χ4n) is 4.08. The average Bonchev–Trinajstić information content (AvgIpc) is 3.28. The van der Waals surface area contributed by atoms with Crippen LogP contribution in [0.5, 0.6) is 0 Å². The molecule has 4 rings (SSSR count). The van der Waals surface area contributed by atoms with Gasteiger partial charge in [0.15, 0.2) is 0 Å². The van der Waals surface area contributed by atoms with Crippen molar-refractivity contribution in [2.45, 2.75) is 40.8 Å². The summed E-state index contributed by atoms with van der Waals surface area (Å²) >= 11 is 0. The molecular formula is C26H30N4O. The van der Waals surface area contributed by atoms with Crippen LogP contribution >= 0.6 is 0 Å². The van der Waals surface area contributed by atoms with Crippen LogP contribution in [0.1, 0.15) is 39.8 Å². The minimum atomic E-state index is -0.0294. The highest BCUT2D eigenvalue weighted by Gasteiger charge is 2.15. The van der Waals surface area contributed by atoms with Crippen molar-refractivity contribution in [1.82, 2.24) is 19.7 Å². The number of benzene rings is 2. The molecule has 31 heavy (non-hydrogen) atoms. The maximum Gasteiger partial charge on any atom is 0.251 e. The predicted octanol–water partition coefficient (Wildman–Crippen LogP) is 4.88.